The summed E-state index contributed by atoms with van der Waals surface area (Å²) < 4.78 is 0. The second-order valence-electron chi connectivity index (χ2n) is 4.41. The molecule has 0 radical (unpaired) electrons. The van der Waals surface area contributed by atoms with Crippen molar-refractivity contribution in [3.8, 4) is 0 Å². The molecular weight excluding hydrogens is 120 g/mol. The van der Waals surface area contributed by atoms with Crippen LogP contribution in [-0.4, -0.2) is 0 Å². The first-order valence-corrected chi connectivity index (χ1v) is 4.37. The van der Waals surface area contributed by atoms with E-state index in [0.717, 1.165) is 5.92 Å². The molecule has 0 aromatic carbocycles. The molecule has 2 bridgehead atoms. The lowest BCUT2D eigenvalue weighted by atomic mass is 9.76. The smallest absolute Gasteiger partial charge is 0.0201 e. The minimum absolute atomic E-state index is 0.714. The molecule has 2 unspecified atom stereocenters. The van der Waals surface area contributed by atoms with E-state index in [1.165, 1.54) is 37.7 Å². The van der Waals surface area contributed by atoms with Crippen molar-refractivity contribution in [1.29, 1.82) is 0 Å². The van der Waals surface area contributed by atoms with Crippen molar-refractivity contribution in [3.05, 3.63) is 12.2 Å². The van der Waals surface area contributed by atoms with Gasteiger partial charge in [0.25, 0.3) is 0 Å². The Morgan fingerprint density at radius 1 is 1.50 bits per heavy atom. The molecule has 0 heteroatoms. The molecule has 2 aliphatic rings. The third-order valence-corrected chi connectivity index (χ3v) is 3.46. The van der Waals surface area contributed by atoms with Crippen molar-refractivity contribution < 1.29 is 0 Å². The van der Waals surface area contributed by atoms with Gasteiger partial charge in [-0.1, -0.05) is 19.1 Å². The molecule has 2 rings (SSSR count). The van der Waals surface area contributed by atoms with Gasteiger partial charge in [0.05, 0.1) is 0 Å². The Hall–Kier alpha value is -0.260. The number of fused-ring (bicyclic) bond motifs is 2. The first-order valence-electron chi connectivity index (χ1n) is 4.37. The maximum absolute atomic E-state index is 4.12. The summed E-state index contributed by atoms with van der Waals surface area (Å²) in [5.41, 5.74) is 2.25. The second kappa shape index (κ2) is 1.87. The van der Waals surface area contributed by atoms with Crippen molar-refractivity contribution in [2.45, 2.75) is 39.0 Å². The van der Waals surface area contributed by atoms with E-state index in [0.29, 0.717) is 5.41 Å². The van der Waals surface area contributed by atoms with Crippen LogP contribution in [0.15, 0.2) is 12.2 Å². The van der Waals surface area contributed by atoms with Gasteiger partial charge < -0.3 is 0 Å². The molecule has 2 atom stereocenters. The van der Waals surface area contributed by atoms with Crippen LogP contribution in [-0.2, 0) is 0 Å². The third-order valence-electron chi connectivity index (χ3n) is 3.46. The van der Waals surface area contributed by atoms with Crippen LogP contribution >= 0.6 is 0 Å². The summed E-state index contributed by atoms with van der Waals surface area (Å²) >= 11 is 0. The van der Waals surface area contributed by atoms with Gasteiger partial charge in [0.2, 0.25) is 0 Å². The van der Waals surface area contributed by atoms with E-state index >= 15 is 0 Å². The van der Waals surface area contributed by atoms with Gasteiger partial charge in [-0.25, -0.2) is 0 Å². The Kier molecular flexibility index (Phi) is 1.21. The van der Waals surface area contributed by atoms with Crippen molar-refractivity contribution in [2.75, 3.05) is 0 Å². The van der Waals surface area contributed by atoms with Crippen LogP contribution in [0, 0.1) is 11.3 Å². The largest absolute Gasteiger partial charge is 0.0996 e. The van der Waals surface area contributed by atoms with Gasteiger partial charge >= 0.3 is 0 Å². The highest BCUT2D eigenvalue weighted by atomic mass is 14.4. The fourth-order valence-corrected chi connectivity index (χ4v) is 2.56. The lowest BCUT2D eigenvalue weighted by molar-refractivity contribution is 0.274. The van der Waals surface area contributed by atoms with E-state index in [-0.39, 0.29) is 0 Å². The van der Waals surface area contributed by atoms with Crippen LogP contribution in [0.25, 0.3) is 0 Å². The lowest BCUT2D eigenvalue weighted by Gasteiger charge is -2.30. The summed E-state index contributed by atoms with van der Waals surface area (Å²) in [6.07, 6.45) is 7.03. The van der Waals surface area contributed by atoms with Gasteiger partial charge in [-0.3, -0.25) is 0 Å². The molecule has 2 saturated carbocycles. The van der Waals surface area contributed by atoms with Crippen LogP contribution in [0.4, 0.5) is 0 Å². The second-order valence-corrected chi connectivity index (χ2v) is 4.41. The Bertz CT molecular complexity index is 169. The molecule has 0 N–H and O–H groups in total. The quantitative estimate of drug-likeness (QED) is 0.449. The van der Waals surface area contributed by atoms with Crippen LogP contribution in [0.2, 0.25) is 0 Å². The molecule has 0 saturated heterocycles. The number of hydrogen-bond donors (Lipinski definition) is 0. The zero-order valence-electron chi connectivity index (χ0n) is 6.82. The maximum Gasteiger partial charge on any atom is -0.0201 e. The average molecular weight is 136 g/mol. The van der Waals surface area contributed by atoms with Crippen LogP contribution in [0.5, 0.6) is 0 Å². The van der Waals surface area contributed by atoms with E-state index < -0.39 is 0 Å². The molecule has 0 nitrogen and oxygen atoms in total. The highest BCUT2D eigenvalue weighted by Crippen LogP contribution is 2.52. The zero-order chi connectivity index (χ0) is 7.19. The van der Waals surface area contributed by atoms with Crippen molar-refractivity contribution in [2.24, 2.45) is 11.3 Å². The Balaban J connectivity index is 2.20. The van der Waals surface area contributed by atoms with Gasteiger partial charge in [0, 0.05) is 0 Å². The molecule has 2 fully saturated rings. The highest BCUT2D eigenvalue weighted by molar-refractivity contribution is 5.11. The summed E-state index contributed by atoms with van der Waals surface area (Å²) in [5.74, 6) is 0.902. The average Bonchev–Trinajstić information content (AvgIpc) is 2.23. The molecule has 0 aromatic heterocycles. The summed E-state index contributed by atoms with van der Waals surface area (Å²) in [6, 6.07) is 0. The number of rotatable bonds is 0. The third kappa shape index (κ3) is 0.817. The molecule has 0 aliphatic heterocycles. The molecule has 10 heavy (non-hydrogen) atoms. The molecule has 0 amide bonds. The van der Waals surface area contributed by atoms with E-state index in [9.17, 15) is 0 Å². The normalized spacial score (nSPS) is 46.1. The predicted octanol–water partition coefficient (Wildman–Crippen LogP) is 3.14. The van der Waals surface area contributed by atoms with E-state index in [4.69, 9.17) is 0 Å². The van der Waals surface area contributed by atoms with Crippen LogP contribution in [0.3, 0.4) is 0 Å². The Morgan fingerprint density at radius 2 is 2.30 bits per heavy atom. The van der Waals surface area contributed by atoms with Gasteiger partial charge in [-0.05, 0) is 43.4 Å². The molecular formula is C10H16. The number of allylic oxidation sites excluding steroid dienone is 1. The molecule has 56 valence electrons. The van der Waals surface area contributed by atoms with Crippen LogP contribution in [0.1, 0.15) is 39.0 Å². The van der Waals surface area contributed by atoms with Gasteiger partial charge in [0.15, 0.2) is 0 Å². The van der Waals surface area contributed by atoms with Crippen molar-refractivity contribution in [3.63, 3.8) is 0 Å². The standard InChI is InChI=1S/C10H16/c1-8-3-5-10(2)6-4-9(8)7-10/h9H,1,3-7H2,2H3. The SMILES string of the molecule is C=C1CCC2(C)CCC1C2. The maximum atomic E-state index is 4.12. The fraction of sp³-hybridized carbons (Fsp3) is 0.800. The minimum atomic E-state index is 0.714. The van der Waals surface area contributed by atoms with E-state index in [2.05, 4.69) is 13.5 Å². The number of hydrogen-bond acceptors (Lipinski definition) is 0. The fourth-order valence-electron chi connectivity index (χ4n) is 2.56. The molecule has 0 spiro atoms. The van der Waals surface area contributed by atoms with Gasteiger partial charge in [-0.15, -0.1) is 0 Å². The van der Waals surface area contributed by atoms with E-state index in [1.807, 2.05) is 0 Å². The summed E-state index contributed by atoms with van der Waals surface area (Å²) in [7, 11) is 0. The van der Waals surface area contributed by atoms with Gasteiger partial charge in [-0.2, -0.15) is 0 Å². The summed E-state index contributed by atoms with van der Waals surface area (Å²) in [5, 5.41) is 0. The first kappa shape index (κ1) is 6.45. The van der Waals surface area contributed by atoms with Crippen molar-refractivity contribution >= 4 is 0 Å². The minimum Gasteiger partial charge on any atom is -0.0996 e. The van der Waals surface area contributed by atoms with Crippen LogP contribution < -0.4 is 0 Å². The first-order chi connectivity index (χ1) is 4.70. The highest BCUT2D eigenvalue weighted by Gasteiger charge is 2.39. The molecule has 0 heterocycles. The lowest BCUT2D eigenvalue weighted by Crippen LogP contribution is -2.17. The van der Waals surface area contributed by atoms with Gasteiger partial charge in [0.1, 0.15) is 0 Å². The molecule has 2 aliphatic carbocycles. The zero-order valence-corrected chi connectivity index (χ0v) is 6.82. The summed E-state index contributed by atoms with van der Waals surface area (Å²) in [4.78, 5) is 0. The molecule has 0 aromatic rings. The Labute approximate surface area is 63.3 Å². The topological polar surface area (TPSA) is 0 Å². The van der Waals surface area contributed by atoms with Crippen molar-refractivity contribution in [1.82, 2.24) is 0 Å². The predicted molar refractivity (Wildman–Crippen MR) is 43.8 cm³/mol. The van der Waals surface area contributed by atoms with E-state index in [1.54, 1.807) is 0 Å². The Morgan fingerprint density at radius 3 is 3.00 bits per heavy atom. The monoisotopic (exact) mass is 136 g/mol. The summed E-state index contributed by atoms with van der Waals surface area (Å²) in [6.45, 7) is 6.57.